The molecule has 4 rings (SSSR count). The Morgan fingerprint density at radius 1 is 0.968 bits per heavy atom. The van der Waals surface area contributed by atoms with Gasteiger partial charge in [0.05, 0.1) is 16.2 Å². The van der Waals surface area contributed by atoms with Gasteiger partial charge < -0.3 is 9.72 Å². The quantitative estimate of drug-likeness (QED) is 0.217. The summed E-state index contributed by atoms with van der Waals surface area (Å²) in [6.07, 6.45) is 1.73. The summed E-state index contributed by atoms with van der Waals surface area (Å²) in [6, 6.07) is 19.4. The minimum Gasteiger partial charge on any atom is -0.319 e. The average molecular weight is 413 g/mol. The number of carbonyl (C=O) groups excluding carboxylic acids is 2. The number of hydrogen-bond donors (Lipinski definition) is 1. The third-order valence-electron chi connectivity index (χ3n) is 5.21. The Balaban J connectivity index is 1.76. The highest BCUT2D eigenvalue weighted by atomic mass is 16.6. The predicted octanol–water partition coefficient (Wildman–Crippen LogP) is 4.95. The molecule has 7 nitrogen and oxygen atoms in total. The fourth-order valence-electron chi connectivity index (χ4n) is 3.55. The number of pyridine rings is 1. The van der Waals surface area contributed by atoms with Crippen LogP contribution in [0.5, 0.6) is 0 Å². The first kappa shape index (κ1) is 20.0. The summed E-state index contributed by atoms with van der Waals surface area (Å²) in [4.78, 5) is 36.8. The molecule has 1 N–H and O–H groups in total. The van der Waals surface area contributed by atoms with Crippen molar-refractivity contribution in [1.29, 1.82) is 0 Å². The van der Waals surface area contributed by atoms with Crippen LogP contribution in [0.4, 0.5) is 11.4 Å². The highest BCUT2D eigenvalue weighted by Crippen LogP contribution is 2.30. The minimum absolute atomic E-state index is 0.126. The van der Waals surface area contributed by atoms with Crippen molar-refractivity contribution in [3.63, 3.8) is 0 Å². The van der Waals surface area contributed by atoms with E-state index in [-0.39, 0.29) is 22.6 Å². The number of ketones is 1. The summed E-state index contributed by atoms with van der Waals surface area (Å²) in [7, 11) is 0. The molecule has 0 bridgehead atoms. The molecule has 0 saturated heterocycles. The van der Waals surface area contributed by atoms with Gasteiger partial charge in [0.25, 0.3) is 17.4 Å². The predicted molar refractivity (Wildman–Crippen MR) is 118 cm³/mol. The molecule has 7 heteroatoms. The number of rotatable bonds is 5. The van der Waals surface area contributed by atoms with E-state index in [1.807, 2.05) is 49.4 Å². The molecule has 0 unspecified atom stereocenters. The summed E-state index contributed by atoms with van der Waals surface area (Å²) >= 11 is 0. The lowest BCUT2D eigenvalue weighted by atomic mass is 10.0. The zero-order chi connectivity index (χ0) is 22.1. The number of nitro groups is 1. The molecular weight excluding hydrogens is 394 g/mol. The molecule has 4 aromatic rings. The number of aromatic nitrogens is 1. The number of amides is 1. The van der Waals surface area contributed by atoms with Crippen LogP contribution >= 0.6 is 0 Å². The second-order valence-electron chi connectivity index (χ2n) is 7.26. The Bertz CT molecular complexity index is 1340. The van der Waals surface area contributed by atoms with Crippen LogP contribution in [0.2, 0.25) is 0 Å². The van der Waals surface area contributed by atoms with Gasteiger partial charge in [-0.05, 0) is 43.7 Å². The normalized spacial score (nSPS) is 10.8. The number of anilines is 1. The summed E-state index contributed by atoms with van der Waals surface area (Å²) < 4.78 is 1.68. The summed E-state index contributed by atoms with van der Waals surface area (Å²) in [6.45, 7) is 3.50. The van der Waals surface area contributed by atoms with Crippen LogP contribution in [-0.4, -0.2) is 21.0 Å². The largest absolute Gasteiger partial charge is 0.319 e. The highest BCUT2D eigenvalue weighted by molar-refractivity contribution is 6.47. The minimum atomic E-state index is -0.860. The van der Waals surface area contributed by atoms with Crippen molar-refractivity contribution in [2.24, 2.45) is 0 Å². The van der Waals surface area contributed by atoms with Gasteiger partial charge in [-0.1, -0.05) is 42.0 Å². The molecule has 1 amide bonds. The van der Waals surface area contributed by atoms with Crippen molar-refractivity contribution in [2.75, 3.05) is 5.32 Å². The first-order valence-electron chi connectivity index (χ1n) is 9.63. The Hall–Kier alpha value is -4.26. The molecule has 31 heavy (non-hydrogen) atoms. The van der Waals surface area contributed by atoms with E-state index in [0.29, 0.717) is 5.56 Å². The number of nitro benzene ring substituents is 1. The van der Waals surface area contributed by atoms with Gasteiger partial charge in [0.2, 0.25) is 0 Å². The molecule has 2 aromatic carbocycles. The van der Waals surface area contributed by atoms with E-state index in [2.05, 4.69) is 5.32 Å². The lowest BCUT2D eigenvalue weighted by molar-refractivity contribution is -0.385. The monoisotopic (exact) mass is 413 g/mol. The van der Waals surface area contributed by atoms with Crippen molar-refractivity contribution in [3.8, 4) is 11.1 Å². The molecule has 2 aromatic heterocycles. The standard InChI is InChI=1S/C24H19N3O4/c1-15-9-11-17(12-10-15)19-14-18-6-3-4-13-26(18)22(19)23(28)24(29)25-20-7-5-8-21(16(20)2)27(30)31/h3-14H,1-2H3,(H,25,29). The molecule has 0 atom stereocenters. The Kier molecular flexibility index (Phi) is 5.09. The average Bonchev–Trinajstić information content (AvgIpc) is 3.14. The van der Waals surface area contributed by atoms with E-state index in [9.17, 15) is 19.7 Å². The number of nitrogens with one attached hydrogen (secondary N) is 1. The maximum absolute atomic E-state index is 13.2. The molecule has 0 aliphatic carbocycles. The molecule has 0 spiro atoms. The van der Waals surface area contributed by atoms with Gasteiger partial charge in [0.1, 0.15) is 5.69 Å². The van der Waals surface area contributed by atoms with Crippen LogP contribution in [0.25, 0.3) is 16.6 Å². The van der Waals surface area contributed by atoms with Crippen LogP contribution < -0.4 is 5.32 Å². The van der Waals surface area contributed by atoms with Gasteiger partial charge in [-0.3, -0.25) is 19.7 Å². The molecule has 0 fully saturated rings. The second kappa shape index (κ2) is 7.87. The summed E-state index contributed by atoms with van der Waals surface area (Å²) in [5, 5.41) is 13.7. The first-order valence-corrected chi connectivity index (χ1v) is 9.63. The van der Waals surface area contributed by atoms with Crippen LogP contribution in [-0.2, 0) is 4.79 Å². The van der Waals surface area contributed by atoms with Gasteiger partial charge in [-0.25, -0.2) is 0 Å². The van der Waals surface area contributed by atoms with E-state index < -0.39 is 16.6 Å². The van der Waals surface area contributed by atoms with Crippen molar-refractivity contribution in [2.45, 2.75) is 13.8 Å². The first-order chi connectivity index (χ1) is 14.9. The fraction of sp³-hybridized carbons (Fsp3) is 0.0833. The van der Waals surface area contributed by atoms with Gasteiger partial charge in [0.15, 0.2) is 0 Å². The number of benzene rings is 2. The third-order valence-corrected chi connectivity index (χ3v) is 5.21. The van der Waals surface area contributed by atoms with Gasteiger partial charge in [-0.2, -0.15) is 0 Å². The fourth-order valence-corrected chi connectivity index (χ4v) is 3.55. The third kappa shape index (κ3) is 3.69. The van der Waals surface area contributed by atoms with Gasteiger partial charge in [-0.15, -0.1) is 0 Å². The summed E-state index contributed by atoms with van der Waals surface area (Å²) in [5.74, 6) is -1.59. The lowest BCUT2D eigenvalue weighted by Crippen LogP contribution is -2.25. The second-order valence-corrected chi connectivity index (χ2v) is 7.26. The van der Waals surface area contributed by atoms with Crippen LogP contribution in [0.3, 0.4) is 0 Å². The van der Waals surface area contributed by atoms with Crippen LogP contribution in [0.15, 0.2) is 72.9 Å². The van der Waals surface area contributed by atoms with Crippen LogP contribution in [0.1, 0.15) is 21.6 Å². The maximum atomic E-state index is 13.2. The Morgan fingerprint density at radius 3 is 2.42 bits per heavy atom. The number of hydrogen-bond acceptors (Lipinski definition) is 4. The SMILES string of the molecule is Cc1ccc(-c2cc3ccccn3c2C(=O)C(=O)Nc2cccc([N+](=O)[O-])c2C)cc1. The zero-order valence-corrected chi connectivity index (χ0v) is 17.0. The van der Waals surface area contributed by atoms with Gasteiger partial charge >= 0.3 is 0 Å². The number of fused-ring (bicyclic) bond motifs is 1. The number of Topliss-reactive ketones (excluding diaryl/α,β-unsaturated/α-hetero) is 1. The van der Waals surface area contributed by atoms with E-state index in [4.69, 9.17) is 0 Å². The number of carbonyl (C=O) groups is 2. The van der Waals surface area contributed by atoms with E-state index in [1.54, 1.807) is 16.7 Å². The van der Waals surface area contributed by atoms with Crippen LogP contribution in [0, 0.1) is 24.0 Å². The van der Waals surface area contributed by atoms with Crippen molar-refractivity contribution >= 4 is 28.6 Å². The highest BCUT2D eigenvalue weighted by Gasteiger charge is 2.26. The van der Waals surface area contributed by atoms with E-state index >= 15 is 0 Å². The Labute approximate surface area is 178 Å². The number of nitrogens with zero attached hydrogens (tertiary/aromatic N) is 2. The Morgan fingerprint density at radius 2 is 1.71 bits per heavy atom. The van der Waals surface area contributed by atoms with Crippen molar-refractivity contribution < 1.29 is 14.5 Å². The molecule has 0 radical (unpaired) electrons. The zero-order valence-electron chi connectivity index (χ0n) is 17.0. The van der Waals surface area contributed by atoms with Gasteiger partial charge in [0, 0.05) is 23.3 Å². The molecule has 0 saturated carbocycles. The molecule has 2 heterocycles. The van der Waals surface area contributed by atoms with Crippen molar-refractivity contribution in [1.82, 2.24) is 4.40 Å². The summed E-state index contributed by atoms with van der Waals surface area (Å²) in [5.41, 5.74) is 3.94. The smallest absolute Gasteiger partial charge is 0.298 e. The van der Waals surface area contributed by atoms with Crippen molar-refractivity contribution in [3.05, 3.63) is 99.9 Å². The molecular formula is C24H19N3O4. The molecule has 154 valence electrons. The van der Waals surface area contributed by atoms with E-state index in [0.717, 1.165) is 16.6 Å². The van der Waals surface area contributed by atoms with E-state index in [1.165, 1.54) is 25.1 Å². The molecule has 0 aliphatic rings. The lowest BCUT2D eigenvalue weighted by Gasteiger charge is -2.10. The molecule has 0 aliphatic heterocycles. The maximum Gasteiger partial charge on any atom is 0.298 e. The number of aryl methyl sites for hydroxylation is 1. The topological polar surface area (TPSA) is 93.7 Å².